The van der Waals surface area contributed by atoms with Crippen molar-refractivity contribution in [1.82, 2.24) is 10.2 Å². The molecule has 0 rings (SSSR count). The third-order valence-corrected chi connectivity index (χ3v) is 3.01. The van der Waals surface area contributed by atoms with Crippen molar-refractivity contribution in [2.45, 2.75) is 40.5 Å². The van der Waals surface area contributed by atoms with Crippen LogP contribution in [0.1, 0.15) is 40.5 Å². The van der Waals surface area contributed by atoms with Crippen LogP contribution in [0, 0.1) is 11.8 Å². The largest absolute Gasteiger partial charge is 0.469 e. The molecule has 0 aliphatic heterocycles. The van der Waals surface area contributed by atoms with Gasteiger partial charge in [0, 0.05) is 33.0 Å². The molecule has 122 valence electrons. The molecule has 1 atom stereocenters. The van der Waals surface area contributed by atoms with E-state index in [0.29, 0.717) is 32.5 Å². The number of ether oxygens (including phenoxy) is 1. The molecule has 0 radical (unpaired) electrons. The van der Waals surface area contributed by atoms with E-state index in [1.54, 1.807) is 11.8 Å². The third kappa shape index (κ3) is 9.05. The van der Waals surface area contributed by atoms with Gasteiger partial charge in [0.2, 0.25) is 11.8 Å². The van der Waals surface area contributed by atoms with Crippen molar-refractivity contribution in [1.29, 1.82) is 0 Å². The summed E-state index contributed by atoms with van der Waals surface area (Å²) in [7, 11) is 1.34. The third-order valence-electron chi connectivity index (χ3n) is 3.01. The van der Waals surface area contributed by atoms with Crippen LogP contribution in [-0.4, -0.2) is 49.4 Å². The van der Waals surface area contributed by atoms with Crippen LogP contribution in [0.15, 0.2) is 0 Å². The lowest BCUT2D eigenvalue weighted by molar-refractivity contribution is -0.146. The van der Waals surface area contributed by atoms with Gasteiger partial charge in [0.25, 0.3) is 0 Å². The van der Waals surface area contributed by atoms with Gasteiger partial charge in [-0.3, -0.25) is 14.4 Å². The van der Waals surface area contributed by atoms with Crippen LogP contribution in [0.3, 0.4) is 0 Å². The number of amides is 2. The highest BCUT2D eigenvalue weighted by Crippen LogP contribution is 2.09. The van der Waals surface area contributed by atoms with Crippen LogP contribution in [0.2, 0.25) is 0 Å². The first-order chi connectivity index (χ1) is 9.77. The maximum Gasteiger partial charge on any atom is 0.310 e. The first-order valence-electron chi connectivity index (χ1n) is 7.38. The Morgan fingerprint density at radius 2 is 1.81 bits per heavy atom. The fourth-order valence-electron chi connectivity index (χ4n) is 1.94. The zero-order chi connectivity index (χ0) is 16.4. The van der Waals surface area contributed by atoms with Crippen LogP contribution < -0.4 is 5.32 Å². The van der Waals surface area contributed by atoms with Crippen molar-refractivity contribution in [3.63, 3.8) is 0 Å². The van der Waals surface area contributed by atoms with Crippen molar-refractivity contribution in [3.05, 3.63) is 0 Å². The van der Waals surface area contributed by atoms with Gasteiger partial charge in [-0.05, 0) is 12.3 Å². The molecule has 1 unspecified atom stereocenters. The topological polar surface area (TPSA) is 75.7 Å². The second kappa shape index (κ2) is 10.2. The van der Waals surface area contributed by atoms with Crippen LogP contribution in [0.5, 0.6) is 0 Å². The quantitative estimate of drug-likeness (QED) is 0.513. The van der Waals surface area contributed by atoms with E-state index in [2.05, 4.69) is 5.32 Å². The molecule has 0 spiro atoms. The second-order valence-electron chi connectivity index (χ2n) is 5.70. The number of hydrogen-bond acceptors (Lipinski definition) is 4. The molecular formula is C15H28N2O4. The van der Waals surface area contributed by atoms with Gasteiger partial charge in [-0.25, -0.2) is 0 Å². The predicted octanol–water partition coefficient (Wildman–Crippen LogP) is 1.20. The van der Waals surface area contributed by atoms with Gasteiger partial charge < -0.3 is 15.0 Å². The minimum atomic E-state index is -0.355. The second-order valence-corrected chi connectivity index (χ2v) is 5.70. The summed E-state index contributed by atoms with van der Waals surface area (Å²) in [4.78, 5) is 36.2. The number of nitrogens with one attached hydrogen (secondary N) is 1. The fraction of sp³-hybridized carbons (Fsp3) is 0.800. The summed E-state index contributed by atoms with van der Waals surface area (Å²) in [5, 5.41) is 2.70. The summed E-state index contributed by atoms with van der Waals surface area (Å²) in [5.74, 6) is -0.462. The number of rotatable bonds is 9. The van der Waals surface area contributed by atoms with E-state index >= 15 is 0 Å². The van der Waals surface area contributed by atoms with Gasteiger partial charge in [0.05, 0.1) is 13.0 Å². The highest BCUT2D eigenvalue weighted by atomic mass is 16.5. The van der Waals surface area contributed by atoms with E-state index in [4.69, 9.17) is 4.74 Å². The van der Waals surface area contributed by atoms with Crippen molar-refractivity contribution >= 4 is 17.8 Å². The molecule has 0 aromatic rings. The minimum absolute atomic E-state index is 0.0311. The van der Waals surface area contributed by atoms with Crippen LogP contribution >= 0.6 is 0 Å². The number of methoxy groups -OCH3 is 1. The molecule has 0 fully saturated rings. The summed E-state index contributed by atoms with van der Waals surface area (Å²) in [5.41, 5.74) is 0. The molecule has 0 saturated carbocycles. The number of carbonyl (C=O) groups excluding carboxylic acids is 3. The number of esters is 1. The summed E-state index contributed by atoms with van der Waals surface area (Å²) in [6.07, 6.45) is 1.12. The molecule has 0 aliphatic carbocycles. The van der Waals surface area contributed by atoms with E-state index in [-0.39, 0.29) is 29.6 Å². The first-order valence-corrected chi connectivity index (χ1v) is 7.38. The van der Waals surface area contributed by atoms with E-state index in [0.717, 1.165) is 0 Å². The number of nitrogens with zero attached hydrogens (tertiary/aromatic N) is 1. The molecule has 0 aliphatic rings. The smallest absolute Gasteiger partial charge is 0.310 e. The van der Waals surface area contributed by atoms with Gasteiger partial charge in [0.15, 0.2) is 0 Å². The maximum atomic E-state index is 12.2. The van der Waals surface area contributed by atoms with Crippen molar-refractivity contribution in [3.8, 4) is 0 Å². The van der Waals surface area contributed by atoms with Crippen LogP contribution in [-0.2, 0) is 19.1 Å². The van der Waals surface area contributed by atoms with Crippen molar-refractivity contribution in [2.24, 2.45) is 11.8 Å². The lowest BCUT2D eigenvalue weighted by Crippen LogP contribution is -2.39. The summed E-state index contributed by atoms with van der Waals surface area (Å²) >= 11 is 0. The number of hydrogen-bond donors (Lipinski definition) is 1. The SMILES string of the molecule is COC(=O)C(C)CN(CCCNC(C)=O)C(=O)CC(C)C. The molecule has 0 aromatic carbocycles. The van der Waals surface area contributed by atoms with Gasteiger partial charge in [-0.15, -0.1) is 0 Å². The molecule has 21 heavy (non-hydrogen) atoms. The lowest BCUT2D eigenvalue weighted by Gasteiger charge is -2.26. The van der Waals surface area contributed by atoms with Crippen molar-refractivity contribution < 1.29 is 19.1 Å². The molecule has 0 saturated heterocycles. The standard InChI is InChI=1S/C15H28N2O4/c1-11(2)9-14(19)17(8-6-7-16-13(4)18)10-12(3)15(20)21-5/h11-12H,6-10H2,1-5H3,(H,16,18). The number of carbonyl (C=O) groups is 3. The predicted molar refractivity (Wildman–Crippen MR) is 80.5 cm³/mol. The Morgan fingerprint density at radius 3 is 2.29 bits per heavy atom. The summed E-state index contributed by atoms with van der Waals surface area (Å²) in [6.45, 7) is 8.56. The molecule has 6 heteroatoms. The Hall–Kier alpha value is -1.59. The fourth-order valence-corrected chi connectivity index (χ4v) is 1.94. The highest BCUT2D eigenvalue weighted by Gasteiger charge is 2.21. The van der Waals surface area contributed by atoms with Gasteiger partial charge in [0.1, 0.15) is 0 Å². The van der Waals surface area contributed by atoms with E-state index in [1.165, 1.54) is 14.0 Å². The highest BCUT2D eigenvalue weighted by molar-refractivity contribution is 5.78. The Kier molecular flexibility index (Phi) is 9.41. The Bertz CT molecular complexity index is 356. The normalized spacial score (nSPS) is 11.9. The molecule has 0 aromatic heterocycles. The summed E-state index contributed by atoms with van der Waals surface area (Å²) in [6, 6.07) is 0. The molecular weight excluding hydrogens is 272 g/mol. The molecule has 1 N–H and O–H groups in total. The zero-order valence-electron chi connectivity index (χ0n) is 13.8. The van der Waals surface area contributed by atoms with Crippen LogP contribution in [0.25, 0.3) is 0 Å². The zero-order valence-corrected chi connectivity index (χ0v) is 13.8. The molecule has 0 heterocycles. The van der Waals surface area contributed by atoms with E-state index in [9.17, 15) is 14.4 Å². The molecule has 0 bridgehead atoms. The Balaban J connectivity index is 4.50. The molecule has 6 nitrogen and oxygen atoms in total. The Morgan fingerprint density at radius 1 is 1.19 bits per heavy atom. The monoisotopic (exact) mass is 300 g/mol. The average Bonchev–Trinajstić information content (AvgIpc) is 2.39. The van der Waals surface area contributed by atoms with E-state index in [1.807, 2.05) is 13.8 Å². The van der Waals surface area contributed by atoms with Crippen molar-refractivity contribution in [2.75, 3.05) is 26.7 Å². The lowest BCUT2D eigenvalue weighted by atomic mass is 10.1. The van der Waals surface area contributed by atoms with Gasteiger partial charge >= 0.3 is 5.97 Å². The maximum absolute atomic E-state index is 12.2. The van der Waals surface area contributed by atoms with Crippen LogP contribution in [0.4, 0.5) is 0 Å². The van der Waals surface area contributed by atoms with E-state index < -0.39 is 0 Å². The van der Waals surface area contributed by atoms with Gasteiger partial charge in [-0.1, -0.05) is 20.8 Å². The summed E-state index contributed by atoms with van der Waals surface area (Å²) < 4.78 is 4.70. The average molecular weight is 300 g/mol. The first kappa shape index (κ1) is 19.4. The van der Waals surface area contributed by atoms with Gasteiger partial charge in [-0.2, -0.15) is 0 Å². The molecule has 2 amide bonds. The minimum Gasteiger partial charge on any atom is -0.469 e. The Labute approximate surface area is 127 Å².